The lowest BCUT2D eigenvalue weighted by Crippen LogP contribution is -2.66. The number of nitrogens with zero attached hydrogens (tertiary/aromatic N) is 4. The number of fused-ring (bicyclic) bond motifs is 2. The van der Waals surface area contributed by atoms with E-state index in [1.165, 1.54) is 23.6 Å². The first kappa shape index (κ1) is 49.5. The van der Waals surface area contributed by atoms with Gasteiger partial charge in [0, 0.05) is 31.2 Å². The standard InChI is InChI=1S/C45H50Cl3F3N4O10/c1-28-7-4-5-9-30(28)18-19-53(32-14-15-32)41(56)38-34(31-12-10-29(11-13-31)8-6-20-62-40-36(50)17-16-35(49)39(40)51)25-33-26-52(42(57)63-23-21-61-22-24-64-55(59)60)27-37(38)54(33)43(58)65-44(2,3)45(46,47)48/h4-5,7,9-13,16-17,32-33,37H,6,8,14-15,18-27H2,1-3H3. The van der Waals surface area contributed by atoms with Crippen LogP contribution in [-0.4, -0.2) is 118 Å². The summed E-state index contributed by atoms with van der Waals surface area (Å²) in [5.41, 5.74) is 3.05. The molecule has 1 saturated heterocycles. The van der Waals surface area contributed by atoms with Crippen LogP contribution in [0.5, 0.6) is 5.75 Å². The highest BCUT2D eigenvalue weighted by atomic mass is 35.6. The van der Waals surface area contributed by atoms with E-state index < -0.39 is 62.0 Å². The van der Waals surface area contributed by atoms with Crippen LogP contribution in [-0.2, 0) is 36.7 Å². The van der Waals surface area contributed by atoms with E-state index in [1.807, 2.05) is 60.4 Å². The van der Waals surface area contributed by atoms with Crippen LogP contribution in [0, 0.1) is 34.5 Å². The van der Waals surface area contributed by atoms with Gasteiger partial charge < -0.3 is 33.6 Å². The molecule has 1 saturated carbocycles. The second kappa shape index (κ2) is 21.6. The monoisotopic (exact) mass is 968 g/mol. The molecule has 2 atom stereocenters. The molecule has 3 aliphatic rings. The van der Waals surface area contributed by atoms with Crippen LogP contribution in [0.1, 0.15) is 61.8 Å². The third kappa shape index (κ3) is 12.5. The van der Waals surface area contributed by atoms with E-state index in [-0.39, 0.29) is 70.1 Å². The first-order chi connectivity index (χ1) is 30.9. The molecular weight excluding hydrogens is 920 g/mol. The van der Waals surface area contributed by atoms with Crippen molar-refractivity contribution in [2.24, 2.45) is 0 Å². The predicted molar refractivity (Wildman–Crippen MR) is 235 cm³/mol. The average molecular weight is 970 g/mol. The van der Waals surface area contributed by atoms with Gasteiger partial charge in [-0.15, -0.1) is 10.1 Å². The minimum absolute atomic E-state index is 0.0225. The molecule has 0 radical (unpaired) electrons. The van der Waals surface area contributed by atoms with E-state index >= 15 is 4.79 Å². The van der Waals surface area contributed by atoms with Crippen molar-refractivity contribution in [3.63, 3.8) is 0 Å². The SMILES string of the molecule is Cc1ccccc1CCN(C(=O)C1=C(c2ccc(CCCOc3c(F)ccc(F)c3F)cc2)CC2CN(C(=O)OCCOCCO[N+](=O)[O-])CC1N2C(=O)OC(C)(C)C(Cl)(Cl)Cl)C1CC1. The molecule has 1 aliphatic carbocycles. The molecule has 3 amide bonds. The number of alkyl halides is 3. The normalized spacial score (nSPS) is 17.4. The van der Waals surface area contributed by atoms with Crippen LogP contribution in [0.4, 0.5) is 22.8 Å². The van der Waals surface area contributed by atoms with Gasteiger partial charge in [0.25, 0.3) is 11.0 Å². The molecule has 3 aromatic rings. The Balaban J connectivity index is 1.31. The number of aryl methyl sites for hydroxylation is 2. The van der Waals surface area contributed by atoms with Crippen molar-refractivity contribution in [3.8, 4) is 5.75 Å². The molecule has 0 aromatic heterocycles. The van der Waals surface area contributed by atoms with Gasteiger partial charge in [-0.1, -0.05) is 83.3 Å². The predicted octanol–water partition coefficient (Wildman–Crippen LogP) is 8.82. The summed E-state index contributed by atoms with van der Waals surface area (Å²) in [7, 11) is 0. The fraction of sp³-hybridized carbons (Fsp3) is 0.489. The maximum Gasteiger partial charge on any atom is 0.411 e. The molecule has 65 heavy (non-hydrogen) atoms. The minimum Gasteiger partial charge on any atom is -0.488 e. The highest BCUT2D eigenvalue weighted by Crippen LogP contribution is 2.44. The van der Waals surface area contributed by atoms with Crippen molar-refractivity contribution in [2.75, 3.05) is 52.7 Å². The fourth-order valence-corrected chi connectivity index (χ4v) is 7.96. The molecule has 0 N–H and O–H groups in total. The van der Waals surface area contributed by atoms with E-state index in [9.17, 15) is 32.9 Å². The van der Waals surface area contributed by atoms with Crippen molar-refractivity contribution in [1.82, 2.24) is 14.7 Å². The van der Waals surface area contributed by atoms with Gasteiger partial charge in [0.2, 0.25) is 9.61 Å². The number of amides is 3. The molecule has 3 aromatic carbocycles. The second-order valence-corrected chi connectivity index (χ2v) is 18.7. The smallest absolute Gasteiger partial charge is 0.411 e. The van der Waals surface area contributed by atoms with Gasteiger partial charge in [0.05, 0.1) is 31.9 Å². The number of rotatable bonds is 19. The van der Waals surface area contributed by atoms with Gasteiger partial charge >= 0.3 is 12.2 Å². The van der Waals surface area contributed by atoms with Crippen molar-refractivity contribution in [3.05, 3.63) is 116 Å². The van der Waals surface area contributed by atoms with Crippen molar-refractivity contribution in [1.29, 1.82) is 0 Å². The summed E-state index contributed by atoms with van der Waals surface area (Å²) >= 11 is 18.8. The van der Waals surface area contributed by atoms with E-state index in [4.69, 9.17) is 53.8 Å². The van der Waals surface area contributed by atoms with Crippen LogP contribution in [0.25, 0.3) is 5.57 Å². The van der Waals surface area contributed by atoms with Gasteiger partial charge in [-0.05, 0) is 99.3 Å². The summed E-state index contributed by atoms with van der Waals surface area (Å²) in [6.07, 6.45) is 1.46. The maximum absolute atomic E-state index is 15.4. The van der Waals surface area contributed by atoms with E-state index in [2.05, 4.69) is 4.84 Å². The molecule has 2 heterocycles. The van der Waals surface area contributed by atoms with Gasteiger partial charge in [-0.3, -0.25) is 9.69 Å². The van der Waals surface area contributed by atoms with Crippen LogP contribution >= 0.6 is 34.8 Å². The van der Waals surface area contributed by atoms with Gasteiger partial charge in [-0.25, -0.2) is 18.4 Å². The maximum atomic E-state index is 15.4. The summed E-state index contributed by atoms with van der Waals surface area (Å²) in [4.78, 5) is 62.8. The largest absolute Gasteiger partial charge is 0.488 e. The zero-order valence-corrected chi connectivity index (χ0v) is 38.3. The molecule has 352 valence electrons. The molecular formula is C45H50Cl3F3N4O10. The van der Waals surface area contributed by atoms with E-state index in [1.54, 1.807) is 0 Å². The summed E-state index contributed by atoms with van der Waals surface area (Å²) in [6.45, 7) is 4.35. The first-order valence-electron chi connectivity index (χ1n) is 21.1. The Bertz CT molecular complexity index is 2240. The van der Waals surface area contributed by atoms with Crippen molar-refractivity contribution >= 4 is 58.5 Å². The lowest BCUT2D eigenvalue weighted by Gasteiger charge is -2.51. The van der Waals surface area contributed by atoms with Crippen molar-refractivity contribution in [2.45, 2.75) is 86.8 Å². The van der Waals surface area contributed by atoms with Crippen LogP contribution in [0.3, 0.4) is 0 Å². The summed E-state index contributed by atoms with van der Waals surface area (Å²) < 4.78 is 61.9. The Morgan fingerprint density at radius 1 is 0.877 bits per heavy atom. The third-order valence-electron chi connectivity index (χ3n) is 11.5. The Hall–Kier alpha value is -4.97. The highest BCUT2D eigenvalue weighted by Gasteiger charge is 2.52. The molecule has 6 rings (SSSR count). The molecule has 2 bridgehead atoms. The van der Waals surface area contributed by atoms with Gasteiger partial charge in [0.1, 0.15) is 13.2 Å². The number of carbonyl (C=O) groups is 3. The van der Waals surface area contributed by atoms with Gasteiger partial charge in [-0.2, -0.15) is 4.39 Å². The number of carbonyl (C=O) groups excluding carboxylic acids is 3. The molecule has 2 unspecified atom stereocenters. The number of benzene rings is 3. The zero-order chi connectivity index (χ0) is 47.1. The number of hydrogen-bond donors (Lipinski definition) is 0. The number of ether oxygens (including phenoxy) is 4. The lowest BCUT2D eigenvalue weighted by atomic mass is 9.81. The summed E-state index contributed by atoms with van der Waals surface area (Å²) in [6, 6.07) is 15.0. The van der Waals surface area contributed by atoms with E-state index in [0.717, 1.165) is 35.6 Å². The summed E-state index contributed by atoms with van der Waals surface area (Å²) in [5, 5.41) is 9.48. The molecule has 14 nitrogen and oxygen atoms in total. The average Bonchev–Trinajstić information content (AvgIpc) is 4.09. The van der Waals surface area contributed by atoms with Crippen molar-refractivity contribution < 1.29 is 56.4 Å². The molecule has 2 aliphatic heterocycles. The highest BCUT2D eigenvalue weighted by molar-refractivity contribution is 6.68. The third-order valence-corrected chi connectivity index (χ3v) is 12.9. The fourth-order valence-electron chi connectivity index (χ4n) is 7.85. The second-order valence-electron chi connectivity index (χ2n) is 16.5. The van der Waals surface area contributed by atoms with E-state index in [0.29, 0.717) is 43.0 Å². The Labute approximate surface area is 389 Å². The first-order valence-corrected chi connectivity index (χ1v) is 22.3. The lowest BCUT2D eigenvalue weighted by molar-refractivity contribution is -0.758. The minimum atomic E-state index is -2.03. The van der Waals surface area contributed by atoms with Gasteiger partial charge in [0.15, 0.2) is 23.0 Å². The summed E-state index contributed by atoms with van der Waals surface area (Å²) in [5.74, 6) is -4.71. The molecule has 2 fully saturated rings. The number of halogens is 6. The topological polar surface area (TPSA) is 150 Å². The van der Waals surface area contributed by atoms with Crippen LogP contribution < -0.4 is 4.74 Å². The Morgan fingerprint density at radius 3 is 2.25 bits per heavy atom. The van der Waals surface area contributed by atoms with Crippen LogP contribution in [0.2, 0.25) is 0 Å². The van der Waals surface area contributed by atoms with Crippen LogP contribution in [0.15, 0.2) is 66.2 Å². The Morgan fingerprint density at radius 2 is 1.57 bits per heavy atom. The molecule has 0 spiro atoms. The zero-order valence-electron chi connectivity index (χ0n) is 36.0. The number of hydrogen-bond acceptors (Lipinski definition) is 10. The molecule has 20 heteroatoms. The Kier molecular flexibility index (Phi) is 16.4. The number of piperazine rings is 1. The quantitative estimate of drug-likeness (QED) is 0.0375.